The molecule has 3 heterocycles. The fraction of sp³-hybridized carbons (Fsp3) is 0.280. The van der Waals surface area contributed by atoms with Crippen LogP contribution in [0, 0.1) is 5.82 Å². The third-order valence-electron chi connectivity index (χ3n) is 6.26. The Balaban J connectivity index is 1.34. The van der Waals surface area contributed by atoms with Gasteiger partial charge in [-0.15, -0.1) is 11.3 Å². The summed E-state index contributed by atoms with van der Waals surface area (Å²) in [5.74, 6) is -0.151. The van der Waals surface area contributed by atoms with E-state index in [1.807, 2.05) is 45.1 Å². The summed E-state index contributed by atoms with van der Waals surface area (Å²) in [4.78, 5) is 22.7. The number of fused-ring (bicyclic) bond motifs is 1. The molecule has 0 radical (unpaired) electrons. The monoisotopic (exact) mass is 448 g/mol. The number of carbonyl (C=O) groups excluding carboxylic acids is 1. The van der Waals surface area contributed by atoms with Gasteiger partial charge in [0.15, 0.2) is 4.96 Å². The zero-order chi connectivity index (χ0) is 22.2. The zero-order valence-corrected chi connectivity index (χ0v) is 19.0. The van der Waals surface area contributed by atoms with Gasteiger partial charge in [0.05, 0.1) is 11.4 Å². The van der Waals surface area contributed by atoms with Crippen LogP contribution in [0.4, 0.5) is 4.39 Å². The van der Waals surface area contributed by atoms with Crippen LogP contribution in [-0.2, 0) is 0 Å². The van der Waals surface area contributed by atoms with Crippen LogP contribution >= 0.6 is 11.3 Å². The molecule has 0 aliphatic carbocycles. The number of imidazole rings is 1. The maximum absolute atomic E-state index is 13.3. The van der Waals surface area contributed by atoms with Crippen LogP contribution in [0.3, 0.4) is 0 Å². The highest BCUT2D eigenvalue weighted by molar-refractivity contribution is 7.15. The number of amides is 1. The molecule has 0 spiro atoms. The van der Waals surface area contributed by atoms with Gasteiger partial charge in [-0.05, 0) is 68.9 Å². The molecular formula is C25H25FN4OS. The summed E-state index contributed by atoms with van der Waals surface area (Å²) < 4.78 is 15.3. The molecule has 2 aromatic carbocycles. The molecule has 2 aromatic heterocycles. The molecule has 1 amide bonds. The van der Waals surface area contributed by atoms with E-state index in [0.29, 0.717) is 11.6 Å². The van der Waals surface area contributed by atoms with E-state index in [4.69, 9.17) is 4.98 Å². The molecule has 7 heteroatoms. The molecule has 5 nitrogen and oxygen atoms in total. The highest BCUT2D eigenvalue weighted by Gasteiger charge is 2.24. The van der Waals surface area contributed by atoms with E-state index in [-0.39, 0.29) is 11.7 Å². The van der Waals surface area contributed by atoms with Gasteiger partial charge in [-0.3, -0.25) is 9.20 Å². The first kappa shape index (κ1) is 20.8. The van der Waals surface area contributed by atoms with Crippen molar-refractivity contribution in [3.05, 3.63) is 71.5 Å². The van der Waals surface area contributed by atoms with Crippen LogP contribution < -0.4 is 0 Å². The number of carbonyl (C=O) groups is 1. The minimum atomic E-state index is -0.247. The Morgan fingerprint density at radius 3 is 2.34 bits per heavy atom. The molecule has 0 unspecified atom stereocenters. The topological polar surface area (TPSA) is 40.9 Å². The number of hydrogen-bond donors (Lipinski definition) is 0. The van der Waals surface area contributed by atoms with E-state index in [1.54, 1.807) is 23.5 Å². The summed E-state index contributed by atoms with van der Waals surface area (Å²) >= 11 is 1.55. The molecule has 1 aliphatic rings. The number of nitrogens with zero attached hydrogens (tertiary/aromatic N) is 4. The van der Waals surface area contributed by atoms with Gasteiger partial charge in [0, 0.05) is 41.8 Å². The van der Waals surface area contributed by atoms with Crippen LogP contribution in [0.2, 0.25) is 0 Å². The van der Waals surface area contributed by atoms with Crippen molar-refractivity contribution < 1.29 is 9.18 Å². The Hall–Kier alpha value is -3.03. The van der Waals surface area contributed by atoms with Crippen LogP contribution in [-0.4, -0.2) is 58.3 Å². The van der Waals surface area contributed by atoms with E-state index < -0.39 is 0 Å². The molecule has 0 atom stereocenters. The number of likely N-dealkylation sites (tertiary alicyclic amines) is 1. The molecule has 0 N–H and O–H groups in total. The number of benzene rings is 2. The summed E-state index contributed by atoms with van der Waals surface area (Å²) in [7, 11) is 4.20. The van der Waals surface area contributed by atoms with Crippen molar-refractivity contribution in [2.45, 2.75) is 18.9 Å². The first-order valence-electron chi connectivity index (χ1n) is 10.8. The maximum atomic E-state index is 13.3. The van der Waals surface area contributed by atoms with Crippen LogP contribution in [0.1, 0.15) is 23.2 Å². The summed E-state index contributed by atoms with van der Waals surface area (Å²) in [6.07, 6.45) is 4.02. The second-order valence-electron chi connectivity index (χ2n) is 8.47. The third kappa shape index (κ3) is 3.94. The van der Waals surface area contributed by atoms with Gasteiger partial charge in [0.1, 0.15) is 5.82 Å². The second-order valence-corrected chi connectivity index (χ2v) is 9.31. The normalized spacial score (nSPS) is 15.1. The van der Waals surface area contributed by atoms with Gasteiger partial charge < -0.3 is 9.80 Å². The summed E-state index contributed by atoms with van der Waals surface area (Å²) in [5, 5.41) is 2.03. The lowest BCUT2D eigenvalue weighted by molar-refractivity contribution is 0.0663. The summed E-state index contributed by atoms with van der Waals surface area (Å²) in [6.45, 7) is 1.60. The maximum Gasteiger partial charge on any atom is 0.253 e. The van der Waals surface area contributed by atoms with Crippen molar-refractivity contribution >= 4 is 22.2 Å². The number of aromatic nitrogens is 2. The van der Waals surface area contributed by atoms with Gasteiger partial charge in [-0.2, -0.15) is 0 Å². The van der Waals surface area contributed by atoms with Gasteiger partial charge in [0.2, 0.25) is 0 Å². The highest BCUT2D eigenvalue weighted by atomic mass is 32.1. The van der Waals surface area contributed by atoms with E-state index >= 15 is 0 Å². The SMILES string of the molecule is CN(C)C1CCN(C(=O)c2ccc(-c3cn4c(-c5ccc(F)cc5)csc4n3)cc2)CC1. The fourth-order valence-corrected chi connectivity index (χ4v) is 5.19. The van der Waals surface area contributed by atoms with E-state index in [9.17, 15) is 9.18 Å². The van der Waals surface area contributed by atoms with Gasteiger partial charge >= 0.3 is 0 Å². The first-order valence-corrected chi connectivity index (χ1v) is 11.7. The molecule has 0 bridgehead atoms. The first-order chi connectivity index (χ1) is 15.5. The Morgan fingerprint density at radius 1 is 1.03 bits per heavy atom. The predicted octanol–water partition coefficient (Wildman–Crippen LogP) is 5.04. The Morgan fingerprint density at radius 2 is 1.69 bits per heavy atom. The molecule has 1 saturated heterocycles. The Labute approximate surface area is 190 Å². The lowest BCUT2D eigenvalue weighted by atomic mass is 10.0. The Bertz CT molecular complexity index is 1240. The molecular weight excluding hydrogens is 423 g/mol. The lowest BCUT2D eigenvalue weighted by Gasteiger charge is -2.35. The quantitative estimate of drug-likeness (QED) is 0.439. The van der Waals surface area contributed by atoms with Crippen molar-refractivity contribution in [3.8, 4) is 22.5 Å². The number of rotatable bonds is 4. The lowest BCUT2D eigenvalue weighted by Crippen LogP contribution is -2.44. The van der Waals surface area contributed by atoms with Crippen molar-refractivity contribution in [1.29, 1.82) is 0 Å². The molecule has 1 aliphatic heterocycles. The number of hydrogen-bond acceptors (Lipinski definition) is 4. The van der Waals surface area contributed by atoms with Gasteiger partial charge in [-0.1, -0.05) is 12.1 Å². The van der Waals surface area contributed by atoms with Gasteiger partial charge in [0.25, 0.3) is 5.91 Å². The molecule has 32 heavy (non-hydrogen) atoms. The third-order valence-corrected chi connectivity index (χ3v) is 7.10. The molecule has 1 fully saturated rings. The van der Waals surface area contributed by atoms with E-state index in [1.165, 1.54) is 12.1 Å². The molecule has 5 rings (SSSR count). The minimum absolute atomic E-state index is 0.0955. The predicted molar refractivity (Wildman–Crippen MR) is 127 cm³/mol. The summed E-state index contributed by atoms with van der Waals surface area (Å²) in [6, 6.07) is 14.7. The Kier molecular flexibility index (Phi) is 5.53. The molecule has 4 aromatic rings. The molecule has 164 valence electrons. The van der Waals surface area contributed by atoms with E-state index in [0.717, 1.165) is 53.4 Å². The van der Waals surface area contributed by atoms with Crippen molar-refractivity contribution in [3.63, 3.8) is 0 Å². The molecule has 0 saturated carbocycles. The number of thiazole rings is 1. The van der Waals surface area contributed by atoms with Crippen LogP contribution in [0.25, 0.3) is 27.5 Å². The second kappa shape index (κ2) is 8.48. The van der Waals surface area contributed by atoms with Gasteiger partial charge in [-0.25, -0.2) is 9.37 Å². The van der Waals surface area contributed by atoms with Crippen LogP contribution in [0.15, 0.2) is 60.1 Å². The van der Waals surface area contributed by atoms with Crippen molar-refractivity contribution in [1.82, 2.24) is 19.2 Å². The smallest absolute Gasteiger partial charge is 0.253 e. The summed E-state index contributed by atoms with van der Waals surface area (Å²) in [5.41, 5.74) is 4.46. The zero-order valence-electron chi connectivity index (χ0n) is 18.2. The number of halogens is 1. The fourth-order valence-electron chi connectivity index (χ4n) is 4.30. The standard InChI is InChI=1S/C25H25FN4OS/c1-28(2)21-11-13-29(14-12-21)24(31)19-5-3-17(4-6-19)22-15-30-23(16-32-25(30)27-22)18-7-9-20(26)10-8-18/h3-10,15-16,21H,11-14H2,1-2H3. The average Bonchev–Trinajstić information content (AvgIpc) is 3.41. The average molecular weight is 449 g/mol. The van der Waals surface area contributed by atoms with Crippen molar-refractivity contribution in [2.75, 3.05) is 27.2 Å². The van der Waals surface area contributed by atoms with Crippen LogP contribution in [0.5, 0.6) is 0 Å². The van der Waals surface area contributed by atoms with Crippen molar-refractivity contribution in [2.24, 2.45) is 0 Å². The minimum Gasteiger partial charge on any atom is -0.339 e. The number of piperidine rings is 1. The highest BCUT2D eigenvalue weighted by Crippen LogP contribution is 2.29. The largest absolute Gasteiger partial charge is 0.339 e. The van der Waals surface area contributed by atoms with E-state index in [2.05, 4.69) is 19.0 Å².